The predicted molar refractivity (Wildman–Crippen MR) is 225 cm³/mol. The molecule has 1 amide bonds. The number of esters is 3. The standard InChI is InChI=1S/C46H59NO16/c1-6-8-10-13-16-19-34(48)20-17-14-11-12-15-18-21-36(41(50)47-37(42(51)56-5)27-33-22-24-35(25-23-33)57-26-9-7-2)46(55,43(52)59-30-39-32(4)61-45(54)63-39)28-40(49)58-29-38-31(3)60-44(53)62-38/h18,21-25,36-37,55H,6,8,10-17,19-20,26-30H2,1-5H3,(H,47,50)/t36-,37+,46+/m1/s1. The van der Waals surface area contributed by atoms with Gasteiger partial charge in [0, 0.05) is 19.3 Å². The van der Waals surface area contributed by atoms with E-state index in [1.54, 1.807) is 37.3 Å². The molecule has 0 aliphatic rings. The number of Topliss-reactive ketones (excluding diaryl/α,β-unsaturated/α-hetero) is 1. The lowest BCUT2D eigenvalue weighted by Gasteiger charge is -2.31. The fourth-order valence-electron chi connectivity index (χ4n) is 6.43. The summed E-state index contributed by atoms with van der Waals surface area (Å²) < 4.78 is 40.5. The number of nitrogens with one attached hydrogen (secondary N) is 1. The second kappa shape index (κ2) is 27.0. The maximum atomic E-state index is 14.4. The Morgan fingerprint density at radius 3 is 1.97 bits per heavy atom. The summed E-state index contributed by atoms with van der Waals surface area (Å²) in [5, 5.41) is 14.8. The zero-order valence-corrected chi connectivity index (χ0v) is 36.7. The minimum absolute atomic E-state index is 0.0193. The van der Waals surface area contributed by atoms with Gasteiger partial charge in [0.05, 0.1) is 19.4 Å². The lowest BCUT2D eigenvalue weighted by molar-refractivity contribution is -0.181. The quantitative estimate of drug-likeness (QED) is 0.0265. The topological polar surface area (TPSA) is 241 Å². The van der Waals surface area contributed by atoms with Crippen LogP contribution in [0.1, 0.15) is 126 Å². The second-order valence-electron chi connectivity index (χ2n) is 14.9. The fourth-order valence-corrected chi connectivity index (χ4v) is 6.43. The van der Waals surface area contributed by atoms with Gasteiger partial charge in [0.15, 0.2) is 41.9 Å². The third-order valence-corrected chi connectivity index (χ3v) is 10.1. The van der Waals surface area contributed by atoms with Crippen LogP contribution in [-0.4, -0.2) is 60.1 Å². The number of aliphatic hydroxyl groups is 1. The Bertz CT molecular complexity index is 2140. The number of carbonyl (C=O) groups excluding carboxylic acids is 5. The second-order valence-corrected chi connectivity index (χ2v) is 14.9. The Kier molecular flexibility index (Phi) is 22.0. The molecular weight excluding hydrogens is 822 g/mol. The predicted octanol–water partition coefficient (Wildman–Crippen LogP) is 6.05. The summed E-state index contributed by atoms with van der Waals surface area (Å²) in [7, 11) is 1.12. The Morgan fingerprint density at radius 1 is 0.825 bits per heavy atom. The molecule has 1 aromatic carbocycles. The van der Waals surface area contributed by atoms with Crippen LogP contribution in [0.15, 0.2) is 63.7 Å². The Hall–Kier alpha value is -6.15. The minimum atomic E-state index is -3.01. The first kappa shape index (κ1) is 51.2. The Morgan fingerprint density at radius 2 is 1.41 bits per heavy atom. The van der Waals surface area contributed by atoms with Crippen molar-refractivity contribution in [3.8, 4) is 17.6 Å². The SMILES string of the molecule is CC#CCOc1ccc(C[C@H](NC(=O)[C@@H](C=CCCCCCCC(=O)CCCCCCC)[C@@](O)(CC(=O)OCc2oc(=O)oc2C)C(=O)OCc2oc(=O)oc2C)C(=O)OC)cc1. The van der Waals surface area contributed by atoms with E-state index in [1.165, 1.54) is 26.3 Å². The first-order valence-corrected chi connectivity index (χ1v) is 21.1. The molecule has 63 heavy (non-hydrogen) atoms. The Balaban J connectivity index is 1.88. The van der Waals surface area contributed by atoms with Crippen molar-refractivity contribution in [1.29, 1.82) is 0 Å². The highest BCUT2D eigenvalue weighted by Crippen LogP contribution is 2.29. The number of unbranched alkanes of at least 4 members (excludes halogenated alkanes) is 8. The Labute approximate surface area is 365 Å². The van der Waals surface area contributed by atoms with E-state index >= 15 is 0 Å². The third-order valence-electron chi connectivity index (χ3n) is 10.1. The van der Waals surface area contributed by atoms with Crippen molar-refractivity contribution >= 4 is 29.6 Å². The van der Waals surface area contributed by atoms with Crippen molar-refractivity contribution in [3.05, 3.63) is 86.3 Å². The zero-order valence-electron chi connectivity index (χ0n) is 36.7. The van der Waals surface area contributed by atoms with Gasteiger partial charge in [-0.2, -0.15) is 0 Å². The van der Waals surface area contributed by atoms with Gasteiger partial charge in [0.2, 0.25) is 5.91 Å². The number of aryl methyl sites for hydroxylation is 2. The van der Waals surface area contributed by atoms with E-state index in [9.17, 15) is 38.7 Å². The summed E-state index contributed by atoms with van der Waals surface area (Å²) >= 11 is 0. The average molecular weight is 882 g/mol. The van der Waals surface area contributed by atoms with Crippen molar-refractivity contribution in [2.45, 2.75) is 142 Å². The lowest BCUT2D eigenvalue weighted by Crippen LogP contribution is -2.56. The fraction of sp³-hybridized carbons (Fsp3) is 0.543. The number of allylic oxidation sites excluding steroid dienone is 1. The van der Waals surface area contributed by atoms with Crippen LogP contribution < -0.4 is 21.7 Å². The summed E-state index contributed by atoms with van der Waals surface area (Å²) in [5.74, 6) is -2.73. The van der Waals surface area contributed by atoms with Crippen molar-refractivity contribution in [3.63, 3.8) is 0 Å². The monoisotopic (exact) mass is 881 g/mol. The van der Waals surface area contributed by atoms with Crippen LogP contribution >= 0.6 is 0 Å². The van der Waals surface area contributed by atoms with Crippen LogP contribution in [0, 0.1) is 31.6 Å². The van der Waals surface area contributed by atoms with Gasteiger partial charge in [-0.1, -0.05) is 75.7 Å². The first-order valence-electron chi connectivity index (χ1n) is 21.1. The molecule has 0 aliphatic heterocycles. The largest absolute Gasteiger partial charge is 0.519 e. The van der Waals surface area contributed by atoms with Crippen LogP contribution in [0.5, 0.6) is 5.75 Å². The van der Waals surface area contributed by atoms with E-state index in [1.807, 2.05) is 0 Å². The normalized spacial score (nSPS) is 13.0. The van der Waals surface area contributed by atoms with Crippen molar-refractivity contribution in [2.75, 3.05) is 13.7 Å². The maximum absolute atomic E-state index is 14.4. The number of ketones is 1. The number of methoxy groups -OCH3 is 1. The molecule has 0 saturated heterocycles. The van der Waals surface area contributed by atoms with E-state index in [4.69, 9.17) is 36.6 Å². The van der Waals surface area contributed by atoms with Gasteiger partial charge in [-0.25, -0.2) is 19.2 Å². The summed E-state index contributed by atoms with van der Waals surface area (Å²) in [6, 6.07) is 5.30. The number of rotatable bonds is 29. The summed E-state index contributed by atoms with van der Waals surface area (Å²) in [5.41, 5.74) is -2.43. The molecular formula is C46H59NO16. The molecule has 0 bridgehead atoms. The van der Waals surface area contributed by atoms with Crippen LogP contribution in [0.3, 0.4) is 0 Å². The van der Waals surface area contributed by atoms with Gasteiger partial charge in [-0.05, 0) is 64.2 Å². The van der Waals surface area contributed by atoms with Gasteiger partial charge in [0.25, 0.3) is 0 Å². The molecule has 0 radical (unpaired) electrons. The van der Waals surface area contributed by atoms with Crippen LogP contribution in [0.4, 0.5) is 0 Å². The molecule has 0 saturated carbocycles. The van der Waals surface area contributed by atoms with E-state index < -0.39 is 72.7 Å². The van der Waals surface area contributed by atoms with E-state index in [0.29, 0.717) is 37.0 Å². The smallest absolute Gasteiger partial charge is 0.481 e. The number of ether oxygens (including phenoxy) is 4. The van der Waals surface area contributed by atoms with Gasteiger partial charge in [-0.15, -0.1) is 5.92 Å². The number of benzene rings is 1. The number of amides is 1. The van der Waals surface area contributed by atoms with Crippen LogP contribution in [0.25, 0.3) is 0 Å². The third kappa shape index (κ3) is 17.6. The first-order chi connectivity index (χ1) is 30.2. The molecule has 17 nitrogen and oxygen atoms in total. The summed E-state index contributed by atoms with van der Waals surface area (Å²) in [4.78, 5) is 90.4. The molecule has 2 aromatic heterocycles. The van der Waals surface area contributed by atoms with E-state index in [0.717, 1.165) is 52.1 Å². The molecule has 0 unspecified atom stereocenters. The van der Waals surface area contributed by atoms with Gasteiger partial charge >= 0.3 is 29.6 Å². The highest BCUT2D eigenvalue weighted by Gasteiger charge is 2.51. The molecule has 0 fully saturated rings. The number of hydrogen-bond acceptors (Lipinski definition) is 16. The molecule has 0 aliphatic carbocycles. The molecule has 3 rings (SSSR count). The van der Waals surface area contributed by atoms with Crippen molar-refractivity contribution in [1.82, 2.24) is 5.32 Å². The minimum Gasteiger partial charge on any atom is -0.481 e. The van der Waals surface area contributed by atoms with E-state index in [-0.39, 0.29) is 41.9 Å². The van der Waals surface area contributed by atoms with Gasteiger partial charge in [0.1, 0.15) is 24.2 Å². The molecule has 17 heteroatoms. The number of carbonyl (C=O) groups is 5. The number of hydrogen-bond donors (Lipinski definition) is 2. The molecule has 344 valence electrons. The van der Waals surface area contributed by atoms with Gasteiger partial charge < -0.3 is 47.0 Å². The van der Waals surface area contributed by atoms with Crippen LogP contribution in [0.2, 0.25) is 0 Å². The average Bonchev–Trinajstić information content (AvgIpc) is 3.77. The van der Waals surface area contributed by atoms with Crippen molar-refractivity contribution in [2.24, 2.45) is 5.92 Å². The molecule has 0 spiro atoms. The van der Waals surface area contributed by atoms with Gasteiger partial charge in [-0.3, -0.25) is 14.4 Å². The maximum Gasteiger partial charge on any atom is 0.519 e. The molecule has 3 aromatic rings. The highest BCUT2D eigenvalue weighted by molar-refractivity contribution is 5.95. The van der Waals surface area contributed by atoms with E-state index in [2.05, 4.69) is 24.1 Å². The lowest BCUT2D eigenvalue weighted by atomic mass is 9.82. The summed E-state index contributed by atoms with van der Waals surface area (Å²) in [6.45, 7) is 5.39. The molecule has 3 atom stereocenters. The molecule has 2 heterocycles. The highest BCUT2D eigenvalue weighted by atomic mass is 16.6. The zero-order chi connectivity index (χ0) is 46.2. The summed E-state index contributed by atoms with van der Waals surface area (Å²) in [6.07, 6.45) is 11.2. The molecule has 2 N–H and O–H groups in total. The van der Waals surface area contributed by atoms with Crippen molar-refractivity contribution < 1.29 is 65.7 Å². The van der Waals surface area contributed by atoms with Crippen LogP contribution in [-0.2, 0) is 57.8 Å².